The third-order valence-corrected chi connectivity index (χ3v) is 3.57. The third kappa shape index (κ3) is 2.49. The molecular formula is C11H20N2O2. The van der Waals surface area contributed by atoms with E-state index in [-0.39, 0.29) is 5.97 Å². The number of carbonyl (C=O) groups is 1. The number of carbonyl (C=O) groups excluding carboxylic acids is 1. The van der Waals surface area contributed by atoms with Gasteiger partial charge in [-0.1, -0.05) is 0 Å². The van der Waals surface area contributed by atoms with Crippen LogP contribution in [0.1, 0.15) is 32.6 Å². The Morgan fingerprint density at radius 3 is 2.67 bits per heavy atom. The average Bonchev–Trinajstić information content (AvgIpc) is 2.23. The quantitative estimate of drug-likeness (QED) is 0.643. The molecule has 1 atom stereocenters. The second kappa shape index (κ2) is 4.49. The van der Waals surface area contributed by atoms with Crippen molar-refractivity contribution in [3.8, 4) is 0 Å². The molecule has 0 amide bonds. The molecule has 15 heavy (non-hydrogen) atoms. The Morgan fingerprint density at radius 2 is 2.00 bits per heavy atom. The molecule has 2 rings (SSSR count). The molecule has 2 aliphatic rings. The van der Waals surface area contributed by atoms with Crippen molar-refractivity contribution in [2.24, 2.45) is 5.73 Å². The maximum atomic E-state index is 11.2. The van der Waals surface area contributed by atoms with Gasteiger partial charge in [-0.2, -0.15) is 0 Å². The maximum absolute atomic E-state index is 11.2. The van der Waals surface area contributed by atoms with Gasteiger partial charge in [-0.15, -0.1) is 0 Å². The lowest BCUT2D eigenvalue weighted by molar-refractivity contribution is -0.156. The number of cyclic esters (lactones) is 1. The van der Waals surface area contributed by atoms with Crippen LogP contribution in [0, 0.1) is 0 Å². The van der Waals surface area contributed by atoms with E-state index in [0.717, 1.165) is 25.7 Å². The first-order valence-corrected chi connectivity index (χ1v) is 5.84. The van der Waals surface area contributed by atoms with Crippen molar-refractivity contribution in [3.63, 3.8) is 0 Å². The van der Waals surface area contributed by atoms with Crippen molar-refractivity contribution in [2.45, 2.75) is 50.7 Å². The second-order valence-corrected chi connectivity index (χ2v) is 4.77. The molecule has 2 N–H and O–H groups in total. The van der Waals surface area contributed by atoms with Gasteiger partial charge in [0.05, 0.1) is 6.54 Å². The standard InChI is InChI=1S/C11H20N2O2/c1-8-7-15-11(14)6-13(8)10-4-2-9(12)3-5-10/h8-10H,2-7,12H2,1H3. The number of rotatable bonds is 1. The van der Waals surface area contributed by atoms with Crippen LogP contribution in [0.2, 0.25) is 0 Å². The van der Waals surface area contributed by atoms with E-state index in [1.54, 1.807) is 0 Å². The number of esters is 1. The lowest BCUT2D eigenvalue weighted by Crippen LogP contribution is -2.52. The molecule has 0 aromatic rings. The van der Waals surface area contributed by atoms with Crippen molar-refractivity contribution < 1.29 is 9.53 Å². The van der Waals surface area contributed by atoms with Crippen LogP contribution in [0.3, 0.4) is 0 Å². The van der Waals surface area contributed by atoms with Crippen LogP contribution in [-0.4, -0.2) is 42.1 Å². The zero-order valence-corrected chi connectivity index (χ0v) is 9.32. The minimum Gasteiger partial charge on any atom is -0.463 e. The number of nitrogens with zero attached hydrogens (tertiary/aromatic N) is 1. The van der Waals surface area contributed by atoms with Gasteiger partial charge in [-0.05, 0) is 32.6 Å². The average molecular weight is 212 g/mol. The minimum absolute atomic E-state index is 0.0806. The Labute approximate surface area is 90.8 Å². The lowest BCUT2D eigenvalue weighted by atomic mass is 9.90. The van der Waals surface area contributed by atoms with Gasteiger partial charge in [0, 0.05) is 18.1 Å². The molecule has 1 aliphatic heterocycles. The first-order chi connectivity index (χ1) is 7.16. The molecule has 4 heteroatoms. The van der Waals surface area contributed by atoms with Crippen molar-refractivity contribution in [1.29, 1.82) is 0 Å². The predicted octanol–water partition coefficient (Wildman–Crippen LogP) is 0.504. The van der Waals surface area contributed by atoms with E-state index in [2.05, 4.69) is 11.8 Å². The Kier molecular flexibility index (Phi) is 3.26. The van der Waals surface area contributed by atoms with E-state index in [9.17, 15) is 4.79 Å². The molecule has 1 aliphatic carbocycles. The molecule has 0 aromatic carbocycles. The highest BCUT2D eigenvalue weighted by Crippen LogP contribution is 2.25. The Hall–Kier alpha value is -0.610. The van der Waals surface area contributed by atoms with Gasteiger partial charge in [0.25, 0.3) is 0 Å². The summed E-state index contributed by atoms with van der Waals surface area (Å²) in [5, 5.41) is 0. The molecule has 4 nitrogen and oxygen atoms in total. The normalized spacial score (nSPS) is 38.8. The minimum atomic E-state index is -0.0806. The first kappa shape index (κ1) is 10.9. The molecule has 0 bridgehead atoms. The summed E-state index contributed by atoms with van der Waals surface area (Å²) in [4.78, 5) is 13.5. The van der Waals surface area contributed by atoms with E-state index in [0.29, 0.717) is 31.3 Å². The monoisotopic (exact) mass is 212 g/mol. The maximum Gasteiger partial charge on any atom is 0.320 e. The van der Waals surface area contributed by atoms with E-state index in [1.165, 1.54) is 0 Å². The number of hydrogen-bond acceptors (Lipinski definition) is 4. The number of morpholine rings is 1. The summed E-state index contributed by atoms with van der Waals surface area (Å²) in [6, 6.07) is 1.27. The van der Waals surface area contributed by atoms with Crippen molar-refractivity contribution in [1.82, 2.24) is 4.90 Å². The summed E-state index contributed by atoms with van der Waals surface area (Å²) in [5.41, 5.74) is 5.88. The Bertz CT molecular complexity index is 237. The zero-order valence-electron chi connectivity index (χ0n) is 9.32. The second-order valence-electron chi connectivity index (χ2n) is 4.77. The summed E-state index contributed by atoms with van der Waals surface area (Å²) in [6.07, 6.45) is 4.42. The van der Waals surface area contributed by atoms with Crippen LogP contribution in [0.15, 0.2) is 0 Å². The summed E-state index contributed by atoms with van der Waals surface area (Å²) < 4.78 is 5.03. The highest BCUT2D eigenvalue weighted by molar-refractivity contribution is 5.72. The number of nitrogens with two attached hydrogens (primary N) is 1. The summed E-state index contributed by atoms with van der Waals surface area (Å²) in [7, 11) is 0. The molecule has 2 fully saturated rings. The molecule has 86 valence electrons. The van der Waals surface area contributed by atoms with E-state index < -0.39 is 0 Å². The molecule has 1 unspecified atom stereocenters. The highest BCUT2D eigenvalue weighted by atomic mass is 16.5. The van der Waals surface area contributed by atoms with E-state index >= 15 is 0 Å². The van der Waals surface area contributed by atoms with Crippen LogP contribution in [0.5, 0.6) is 0 Å². The lowest BCUT2D eigenvalue weighted by Gasteiger charge is -2.41. The topological polar surface area (TPSA) is 55.6 Å². The van der Waals surface area contributed by atoms with Crippen molar-refractivity contribution >= 4 is 5.97 Å². The molecule has 1 saturated heterocycles. The Balaban J connectivity index is 1.93. The molecule has 0 radical (unpaired) electrons. The first-order valence-electron chi connectivity index (χ1n) is 5.84. The number of ether oxygens (including phenoxy) is 1. The van der Waals surface area contributed by atoms with Crippen molar-refractivity contribution in [3.05, 3.63) is 0 Å². The molecule has 1 heterocycles. The largest absolute Gasteiger partial charge is 0.463 e. The fraction of sp³-hybridized carbons (Fsp3) is 0.909. The van der Waals surface area contributed by atoms with E-state index in [1.807, 2.05) is 0 Å². The molecule has 1 saturated carbocycles. The SMILES string of the molecule is CC1COC(=O)CN1C1CCC(N)CC1. The van der Waals surface area contributed by atoms with Crippen LogP contribution in [0.4, 0.5) is 0 Å². The summed E-state index contributed by atoms with van der Waals surface area (Å²) in [6.45, 7) is 3.13. The smallest absolute Gasteiger partial charge is 0.320 e. The van der Waals surface area contributed by atoms with Gasteiger partial charge in [-0.25, -0.2) is 0 Å². The van der Waals surface area contributed by atoms with Crippen LogP contribution in [-0.2, 0) is 9.53 Å². The highest BCUT2D eigenvalue weighted by Gasteiger charge is 2.32. The Morgan fingerprint density at radius 1 is 1.33 bits per heavy atom. The summed E-state index contributed by atoms with van der Waals surface area (Å²) in [5.74, 6) is -0.0806. The fourth-order valence-corrected chi connectivity index (χ4v) is 2.58. The summed E-state index contributed by atoms with van der Waals surface area (Å²) >= 11 is 0. The predicted molar refractivity (Wildman–Crippen MR) is 57.4 cm³/mol. The third-order valence-electron chi connectivity index (χ3n) is 3.57. The number of hydrogen-bond donors (Lipinski definition) is 1. The van der Waals surface area contributed by atoms with Crippen LogP contribution >= 0.6 is 0 Å². The van der Waals surface area contributed by atoms with E-state index in [4.69, 9.17) is 10.5 Å². The van der Waals surface area contributed by atoms with Crippen LogP contribution in [0.25, 0.3) is 0 Å². The van der Waals surface area contributed by atoms with Gasteiger partial charge >= 0.3 is 5.97 Å². The fourth-order valence-electron chi connectivity index (χ4n) is 2.58. The van der Waals surface area contributed by atoms with Crippen molar-refractivity contribution in [2.75, 3.05) is 13.2 Å². The van der Waals surface area contributed by atoms with Gasteiger partial charge in [0.15, 0.2) is 0 Å². The van der Waals surface area contributed by atoms with Gasteiger partial charge in [0.1, 0.15) is 6.61 Å². The molecule has 0 spiro atoms. The van der Waals surface area contributed by atoms with Gasteiger partial charge < -0.3 is 10.5 Å². The van der Waals surface area contributed by atoms with Gasteiger partial charge in [0.2, 0.25) is 0 Å². The zero-order chi connectivity index (χ0) is 10.8. The van der Waals surface area contributed by atoms with Crippen LogP contribution < -0.4 is 5.73 Å². The van der Waals surface area contributed by atoms with Gasteiger partial charge in [-0.3, -0.25) is 9.69 Å². The molecule has 0 aromatic heterocycles. The molecular weight excluding hydrogens is 192 g/mol.